The van der Waals surface area contributed by atoms with Crippen LogP contribution in [-0.2, 0) is 6.18 Å². The van der Waals surface area contributed by atoms with E-state index in [2.05, 4.69) is 31.5 Å². The number of amides is 1. The minimum atomic E-state index is -4.51. The zero-order valence-electron chi connectivity index (χ0n) is 18.0. The van der Waals surface area contributed by atoms with Gasteiger partial charge in [0.25, 0.3) is 5.91 Å². The summed E-state index contributed by atoms with van der Waals surface area (Å²) in [6.07, 6.45) is -2.89. The van der Waals surface area contributed by atoms with Gasteiger partial charge in [0.15, 0.2) is 0 Å². The molecule has 3 aromatic carbocycles. The summed E-state index contributed by atoms with van der Waals surface area (Å²) in [5, 5.41) is 5.85. The number of nitrogens with zero attached hydrogens (tertiary/aromatic N) is 1. The second-order valence-corrected chi connectivity index (χ2v) is 8.39. The number of nitrogens with one attached hydrogen (secondary N) is 2. The molecule has 0 radical (unpaired) electrons. The minimum absolute atomic E-state index is 0.0478. The third kappa shape index (κ3) is 5.12. The maximum Gasteiger partial charge on any atom is 0.416 e. The molecule has 4 aromatic rings. The van der Waals surface area contributed by atoms with Crippen molar-refractivity contribution < 1.29 is 18.0 Å². The fraction of sp³-hybridized carbons (Fsp3) is 0.0769. The van der Waals surface area contributed by atoms with E-state index < -0.39 is 17.6 Å². The number of anilines is 3. The fourth-order valence-corrected chi connectivity index (χ4v) is 3.92. The Morgan fingerprint density at radius 2 is 1.71 bits per heavy atom. The lowest BCUT2D eigenvalue weighted by molar-refractivity contribution is -0.137. The van der Waals surface area contributed by atoms with Gasteiger partial charge in [0, 0.05) is 17.4 Å². The Morgan fingerprint density at radius 3 is 2.41 bits per heavy atom. The standard InChI is InChI=1S/C26H19BrF3N3O/c1-16-12-13-20(25(34)32-19-10-5-9-18(15-19)26(28,29)30)23(22(16)17-7-3-2-4-8-17)33-24-21(27)11-6-14-31-24/h2-15H,1H3,(H,31,33)(H,32,34). The maximum atomic E-state index is 13.3. The van der Waals surface area contributed by atoms with Crippen LogP contribution in [0.5, 0.6) is 0 Å². The predicted molar refractivity (Wildman–Crippen MR) is 131 cm³/mol. The van der Waals surface area contributed by atoms with Crippen molar-refractivity contribution in [3.05, 3.63) is 106 Å². The van der Waals surface area contributed by atoms with E-state index in [0.717, 1.165) is 28.8 Å². The number of alkyl halides is 3. The number of rotatable bonds is 5. The van der Waals surface area contributed by atoms with Crippen LogP contribution < -0.4 is 10.6 Å². The molecule has 0 saturated heterocycles. The van der Waals surface area contributed by atoms with Gasteiger partial charge in [0.1, 0.15) is 5.82 Å². The van der Waals surface area contributed by atoms with Gasteiger partial charge in [-0.3, -0.25) is 4.79 Å². The van der Waals surface area contributed by atoms with E-state index in [1.165, 1.54) is 12.1 Å². The van der Waals surface area contributed by atoms with Gasteiger partial charge in [-0.05, 0) is 70.4 Å². The number of pyridine rings is 1. The molecule has 0 fully saturated rings. The number of aromatic nitrogens is 1. The van der Waals surface area contributed by atoms with Crippen LogP contribution >= 0.6 is 15.9 Å². The molecule has 172 valence electrons. The van der Waals surface area contributed by atoms with Crippen molar-refractivity contribution in [1.82, 2.24) is 4.98 Å². The highest BCUT2D eigenvalue weighted by atomic mass is 79.9. The lowest BCUT2D eigenvalue weighted by atomic mass is 9.94. The van der Waals surface area contributed by atoms with E-state index >= 15 is 0 Å². The summed E-state index contributed by atoms with van der Waals surface area (Å²) in [6.45, 7) is 1.93. The number of carbonyl (C=O) groups excluding carboxylic acids is 1. The Bertz CT molecular complexity index is 1340. The van der Waals surface area contributed by atoms with Crippen molar-refractivity contribution in [1.29, 1.82) is 0 Å². The number of aryl methyl sites for hydroxylation is 1. The van der Waals surface area contributed by atoms with Gasteiger partial charge in [0.2, 0.25) is 0 Å². The molecule has 0 spiro atoms. The summed E-state index contributed by atoms with van der Waals surface area (Å²) in [5.41, 5.74) is 2.55. The summed E-state index contributed by atoms with van der Waals surface area (Å²) >= 11 is 3.46. The van der Waals surface area contributed by atoms with Gasteiger partial charge >= 0.3 is 6.18 Å². The molecule has 0 atom stereocenters. The highest BCUT2D eigenvalue weighted by Gasteiger charge is 2.30. The molecule has 0 saturated carbocycles. The van der Waals surface area contributed by atoms with Gasteiger partial charge < -0.3 is 10.6 Å². The van der Waals surface area contributed by atoms with Crippen molar-refractivity contribution in [2.45, 2.75) is 13.1 Å². The Balaban J connectivity index is 1.81. The Morgan fingerprint density at radius 1 is 0.941 bits per heavy atom. The topological polar surface area (TPSA) is 54.0 Å². The fourth-order valence-electron chi connectivity index (χ4n) is 3.57. The van der Waals surface area contributed by atoms with Crippen LogP contribution in [0, 0.1) is 6.92 Å². The number of halogens is 4. The van der Waals surface area contributed by atoms with Gasteiger partial charge in [-0.15, -0.1) is 0 Å². The first-order chi connectivity index (χ1) is 16.2. The van der Waals surface area contributed by atoms with Crippen LogP contribution in [0.4, 0.5) is 30.4 Å². The average Bonchev–Trinajstić information content (AvgIpc) is 2.81. The third-order valence-corrected chi connectivity index (χ3v) is 5.81. The molecule has 1 aromatic heterocycles. The highest BCUT2D eigenvalue weighted by molar-refractivity contribution is 9.10. The second-order valence-electron chi connectivity index (χ2n) is 7.54. The summed E-state index contributed by atoms with van der Waals surface area (Å²) in [5.74, 6) is -0.0514. The first-order valence-corrected chi connectivity index (χ1v) is 11.1. The molecule has 34 heavy (non-hydrogen) atoms. The smallest absolute Gasteiger partial charge is 0.338 e. The van der Waals surface area contributed by atoms with E-state index in [9.17, 15) is 18.0 Å². The molecule has 0 bridgehead atoms. The largest absolute Gasteiger partial charge is 0.416 e. The summed E-state index contributed by atoms with van der Waals surface area (Å²) in [6, 6.07) is 21.1. The molecule has 2 N–H and O–H groups in total. The first kappa shape index (κ1) is 23.5. The van der Waals surface area contributed by atoms with Crippen LogP contribution in [-0.4, -0.2) is 10.9 Å². The second kappa shape index (κ2) is 9.69. The molecule has 0 aliphatic heterocycles. The van der Waals surface area contributed by atoms with Crippen LogP contribution in [0.2, 0.25) is 0 Å². The van der Waals surface area contributed by atoms with Crippen molar-refractivity contribution in [3.8, 4) is 11.1 Å². The van der Waals surface area contributed by atoms with Crippen LogP contribution in [0.1, 0.15) is 21.5 Å². The number of carbonyl (C=O) groups is 1. The molecule has 1 amide bonds. The van der Waals surface area contributed by atoms with Crippen molar-refractivity contribution in [2.75, 3.05) is 10.6 Å². The Hall–Kier alpha value is -3.65. The molecule has 8 heteroatoms. The molecule has 1 heterocycles. The van der Waals surface area contributed by atoms with Gasteiger partial charge in [-0.25, -0.2) is 4.98 Å². The van der Waals surface area contributed by atoms with Crippen molar-refractivity contribution >= 4 is 39.0 Å². The Labute approximate surface area is 203 Å². The number of hydrogen-bond acceptors (Lipinski definition) is 3. The SMILES string of the molecule is Cc1ccc(C(=O)Nc2cccc(C(F)(F)F)c2)c(Nc2ncccc2Br)c1-c1ccccc1. The zero-order valence-corrected chi connectivity index (χ0v) is 19.5. The van der Waals surface area contributed by atoms with E-state index in [4.69, 9.17) is 0 Å². The van der Waals surface area contributed by atoms with Gasteiger partial charge in [0.05, 0.1) is 21.3 Å². The molecule has 0 unspecified atom stereocenters. The van der Waals surface area contributed by atoms with Crippen LogP contribution in [0.3, 0.4) is 0 Å². The third-order valence-electron chi connectivity index (χ3n) is 5.17. The minimum Gasteiger partial charge on any atom is -0.338 e. The molecule has 4 rings (SSSR count). The number of hydrogen-bond donors (Lipinski definition) is 2. The normalized spacial score (nSPS) is 11.2. The van der Waals surface area contributed by atoms with Crippen molar-refractivity contribution in [3.63, 3.8) is 0 Å². The quantitative estimate of drug-likeness (QED) is 0.279. The highest BCUT2D eigenvalue weighted by Crippen LogP contribution is 2.38. The first-order valence-electron chi connectivity index (χ1n) is 10.3. The summed E-state index contributed by atoms with van der Waals surface area (Å²) < 4.78 is 40.1. The van der Waals surface area contributed by atoms with E-state index in [0.29, 0.717) is 16.0 Å². The monoisotopic (exact) mass is 525 g/mol. The lowest BCUT2D eigenvalue weighted by Crippen LogP contribution is -2.16. The molecule has 0 aliphatic carbocycles. The molecular formula is C26H19BrF3N3O. The van der Waals surface area contributed by atoms with Gasteiger partial charge in [-0.1, -0.05) is 42.5 Å². The maximum absolute atomic E-state index is 13.3. The predicted octanol–water partition coefficient (Wildman–Crippen LogP) is 7.83. The Kier molecular flexibility index (Phi) is 6.70. The van der Waals surface area contributed by atoms with Gasteiger partial charge in [-0.2, -0.15) is 13.2 Å². The zero-order chi connectivity index (χ0) is 24.3. The molecule has 4 nitrogen and oxygen atoms in total. The number of benzene rings is 3. The molecule has 0 aliphatic rings. The summed E-state index contributed by atoms with van der Waals surface area (Å²) in [4.78, 5) is 17.6. The molecular weight excluding hydrogens is 507 g/mol. The lowest BCUT2D eigenvalue weighted by Gasteiger charge is -2.19. The van der Waals surface area contributed by atoms with E-state index in [1.807, 2.05) is 49.4 Å². The van der Waals surface area contributed by atoms with E-state index in [1.54, 1.807) is 18.3 Å². The average molecular weight is 526 g/mol. The summed E-state index contributed by atoms with van der Waals surface area (Å²) in [7, 11) is 0. The van der Waals surface area contributed by atoms with Crippen LogP contribution in [0.25, 0.3) is 11.1 Å². The van der Waals surface area contributed by atoms with Crippen LogP contribution in [0.15, 0.2) is 89.5 Å². The van der Waals surface area contributed by atoms with Crippen molar-refractivity contribution in [2.24, 2.45) is 0 Å². The van der Waals surface area contributed by atoms with E-state index in [-0.39, 0.29) is 11.3 Å².